The van der Waals surface area contributed by atoms with Crippen molar-refractivity contribution in [1.29, 1.82) is 0 Å². The molecule has 2 saturated carbocycles. The number of hydrogen-bond acceptors (Lipinski definition) is 9. The topological polar surface area (TPSA) is 158 Å². The summed E-state index contributed by atoms with van der Waals surface area (Å²) in [5.74, 6) is -10.5. The number of Topliss-reactive ketones (excluding diaryl/α,β-unsaturated/α-hetero) is 4. The van der Waals surface area contributed by atoms with Crippen molar-refractivity contribution in [2.45, 2.75) is 24.5 Å². The average molecular weight is 534 g/mol. The van der Waals surface area contributed by atoms with Gasteiger partial charge in [0.25, 0.3) is 0 Å². The highest BCUT2D eigenvalue weighted by molar-refractivity contribution is 6.32. The minimum absolute atomic E-state index is 0.0119. The molecule has 3 aliphatic carbocycles. The number of anilines is 1. The van der Waals surface area contributed by atoms with Crippen molar-refractivity contribution in [3.05, 3.63) is 47.5 Å². The van der Waals surface area contributed by atoms with Crippen LogP contribution in [0, 0.1) is 23.7 Å². The molecule has 0 aromatic heterocycles. The lowest BCUT2D eigenvalue weighted by molar-refractivity contribution is -0.181. The molecule has 0 saturated heterocycles. The van der Waals surface area contributed by atoms with E-state index in [1.807, 2.05) is 25.1 Å². The lowest BCUT2D eigenvalue weighted by Gasteiger charge is -2.52. The number of likely N-dealkylation sites (N-methyl/N-ethyl adjacent to an activating group) is 1. The van der Waals surface area contributed by atoms with Crippen LogP contribution in [0.15, 0.2) is 36.4 Å². The van der Waals surface area contributed by atoms with E-state index in [2.05, 4.69) is 0 Å². The number of amides is 1. The third-order valence-electron chi connectivity index (χ3n) is 8.60. The van der Waals surface area contributed by atoms with Gasteiger partial charge in [0.15, 0.2) is 34.7 Å². The Bertz CT molecular complexity index is 1430. The predicted molar refractivity (Wildman–Crippen MR) is 141 cm³/mol. The second-order valence-electron chi connectivity index (χ2n) is 11.2. The molecular formula is C29H31N3O7. The van der Waals surface area contributed by atoms with Crippen LogP contribution in [-0.4, -0.2) is 84.0 Å². The maximum Gasteiger partial charge on any atom is 0.235 e. The lowest BCUT2D eigenvalue weighted by Crippen LogP contribution is -2.74. The molecule has 1 amide bonds. The first-order valence-corrected chi connectivity index (χ1v) is 12.8. The van der Waals surface area contributed by atoms with Crippen LogP contribution in [0.1, 0.15) is 22.3 Å². The molecule has 0 heterocycles. The van der Waals surface area contributed by atoms with E-state index in [9.17, 15) is 34.2 Å². The van der Waals surface area contributed by atoms with Gasteiger partial charge in [0.1, 0.15) is 5.75 Å². The molecule has 4 N–H and O–H groups in total. The van der Waals surface area contributed by atoms with Gasteiger partial charge in [-0.15, -0.1) is 0 Å². The fraction of sp³-hybridized carbons (Fsp3) is 0.414. The van der Waals surface area contributed by atoms with E-state index in [1.165, 1.54) is 4.90 Å². The number of primary amides is 1. The number of nitrogens with two attached hydrogens (primary N) is 1. The van der Waals surface area contributed by atoms with E-state index in [0.29, 0.717) is 22.4 Å². The van der Waals surface area contributed by atoms with Crippen molar-refractivity contribution in [2.75, 3.05) is 33.1 Å². The Morgan fingerprint density at radius 1 is 1.03 bits per heavy atom. The Balaban J connectivity index is 1.69. The van der Waals surface area contributed by atoms with Crippen molar-refractivity contribution in [3.63, 3.8) is 0 Å². The van der Waals surface area contributed by atoms with Crippen molar-refractivity contribution in [1.82, 2.24) is 4.90 Å². The van der Waals surface area contributed by atoms with E-state index >= 15 is 0 Å². The van der Waals surface area contributed by atoms with Crippen molar-refractivity contribution in [3.8, 4) is 16.9 Å². The predicted octanol–water partition coefficient (Wildman–Crippen LogP) is 0.600. The van der Waals surface area contributed by atoms with Crippen LogP contribution < -0.4 is 10.6 Å². The molecule has 10 nitrogen and oxygen atoms in total. The zero-order valence-corrected chi connectivity index (χ0v) is 22.2. The number of hydrogen-bond donors (Lipinski definition) is 3. The van der Waals surface area contributed by atoms with Gasteiger partial charge in [-0.2, -0.15) is 0 Å². The molecule has 0 bridgehead atoms. The summed E-state index contributed by atoms with van der Waals surface area (Å²) in [7, 11) is 6.74. The number of benzene rings is 2. The summed E-state index contributed by atoms with van der Waals surface area (Å²) in [6, 6.07) is 9.67. The van der Waals surface area contributed by atoms with E-state index in [4.69, 9.17) is 5.73 Å². The van der Waals surface area contributed by atoms with Crippen LogP contribution in [0.25, 0.3) is 11.1 Å². The number of phenols is 1. The number of ketones is 4. The van der Waals surface area contributed by atoms with Crippen LogP contribution >= 0.6 is 0 Å². The molecule has 0 spiro atoms. The number of carbonyl (C=O) groups is 5. The first-order valence-electron chi connectivity index (χ1n) is 12.8. The molecule has 0 radical (unpaired) electrons. The molecule has 0 aliphatic heterocycles. The Morgan fingerprint density at radius 3 is 2.23 bits per heavy atom. The summed E-state index contributed by atoms with van der Waals surface area (Å²) >= 11 is 0. The molecule has 10 heteroatoms. The van der Waals surface area contributed by atoms with Crippen LogP contribution in [0.2, 0.25) is 0 Å². The number of aliphatic hydroxyl groups is 1. The summed E-state index contributed by atoms with van der Waals surface area (Å²) in [5, 5.41) is 23.1. The highest BCUT2D eigenvalue weighted by Gasteiger charge is 2.69. The number of fused-ring (bicyclic) bond motifs is 3. The number of carbonyl (C=O) groups excluding carboxylic acids is 5. The van der Waals surface area contributed by atoms with Crippen molar-refractivity contribution < 1.29 is 34.2 Å². The number of nitrogens with zero attached hydrogens (tertiary/aromatic N) is 2. The van der Waals surface area contributed by atoms with Gasteiger partial charge in [-0.1, -0.05) is 30.3 Å². The summed E-state index contributed by atoms with van der Waals surface area (Å²) in [6.45, 7) is 0. The van der Waals surface area contributed by atoms with E-state index in [1.54, 1.807) is 44.4 Å². The molecule has 2 fully saturated rings. The van der Waals surface area contributed by atoms with Gasteiger partial charge in [-0.3, -0.25) is 28.9 Å². The summed E-state index contributed by atoms with van der Waals surface area (Å²) in [5.41, 5.74) is 4.94. The largest absolute Gasteiger partial charge is 0.507 e. The van der Waals surface area contributed by atoms with Gasteiger partial charge < -0.3 is 20.8 Å². The first kappa shape index (κ1) is 26.7. The summed E-state index contributed by atoms with van der Waals surface area (Å²) in [4.78, 5) is 70.1. The summed E-state index contributed by atoms with van der Waals surface area (Å²) in [6.07, 6.45) is 0.222. The molecule has 204 valence electrons. The Morgan fingerprint density at radius 2 is 1.67 bits per heavy atom. The highest BCUT2D eigenvalue weighted by Crippen LogP contribution is 2.53. The molecule has 2 aromatic rings. The Kier molecular flexibility index (Phi) is 6.23. The van der Waals surface area contributed by atoms with E-state index < -0.39 is 64.4 Å². The smallest absolute Gasteiger partial charge is 0.235 e. The highest BCUT2D eigenvalue weighted by atomic mass is 16.3. The van der Waals surface area contributed by atoms with Crippen LogP contribution in [0.3, 0.4) is 0 Å². The first-order chi connectivity index (χ1) is 18.3. The lowest BCUT2D eigenvalue weighted by atomic mass is 9.52. The second-order valence-corrected chi connectivity index (χ2v) is 11.2. The van der Waals surface area contributed by atoms with Gasteiger partial charge in [0, 0.05) is 31.3 Å². The zero-order chi connectivity index (χ0) is 28.5. The van der Waals surface area contributed by atoms with Gasteiger partial charge >= 0.3 is 0 Å². The second kappa shape index (κ2) is 9.10. The average Bonchev–Trinajstić information content (AvgIpc) is 2.86. The van der Waals surface area contributed by atoms with Crippen LogP contribution in [-0.2, 0) is 25.6 Å². The molecule has 39 heavy (non-hydrogen) atoms. The fourth-order valence-corrected chi connectivity index (χ4v) is 6.89. The molecule has 3 aliphatic rings. The quantitative estimate of drug-likeness (QED) is 0.479. The number of aromatic hydroxyl groups is 1. The third-order valence-corrected chi connectivity index (χ3v) is 8.60. The maximum absolute atomic E-state index is 14.1. The zero-order valence-electron chi connectivity index (χ0n) is 22.2. The van der Waals surface area contributed by atoms with E-state index in [0.717, 1.165) is 0 Å². The van der Waals surface area contributed by atoms with Crippen molar-refractivity contribution >= 4 is 34.7 Å². The van der Waals surface area contributed by atoms with Crippen LogP contribution in [0.5, 0.6) is 5.75 Å². The third kappa shape index (κ3) is 3.65. The normalized spacial score (nSPS) is 30.1. The van der Waals surface area contributed by atoms with Gasteiger partial charge in [-0.05, 0) is 50.0 Å². The Hall–Kier alpha value is -3.89. The number of rotatable bonds is 4. The van der Waals surface area contributed by atoms with E-state index in [-0.39, 0.29) is 24.2 Å². The fourth-order valence-electron chi connectivity index (χ4n) is 6.89. The maximum atomic E-state index is 14.1. The van der Waals surface area contributed by atoms with Gasteiger partial charge in [-0.25, -0.2) is 0 Å². The summed E-state index contributed by atoms with van der Waals surface area (Å²) < 4.78 is 0. The van der Waals surface area contributed by atoms with Gasteiger partial charge in [0.05, 0.1) is 17.5 Å². The molecule has 5 rings (SSSR count). The SMILES string of the molecule is CN(C)c1cc(-c2ccccc2)c(O)c2c1CC1CC3C(N(C)C)C(=O)C(C(N)=O)C(=O)C3(O)C(=O)C1C2=O. The minimum atomic E-state index is -2.74. The molecule has 6 atom stereocenters. The monoisotopic (exact) mass is 533 g/mol. The number of phenolic OH excluding ortho intramolecular Hbond substituents is 1. The molecule has 6 unspecified atom stereocenters. The molecular weight excluding hydrogens is 502 g/mol. The van der Waals surface area contributed by atoms with Gasteiger partial charge in [0.2, 0.25) is 5.91 Å². The molecule has 2 aromatic carbocycles. The van der Waals surface area contributed by atoms with Crippen molar-refractivity contribution in [2.24, 2.45) is 29.4 Å². The van der Waals surface area contributed by atoms with Crippen LogP contribution in [0.4, 0.5) is 5.69 Å². The standard InChI is InChI=1S/C29H31N3O7/c1-31(2)18-12-15(13-8-6-5-7-9-13)23(33)20-16(18)10-14-11-17-22(32(3)4)25(35)21(28(30)38)27(37)29(17,39)26(36)19(14)24(20)34/h5-9,12,14,17,19,21-22,33,39H,10-11H2,1-4H3,(H2,30,38). The minimum Gasteiger partial charge on any atom is -0.507 e. The Labute approximate surface area is 225 Å².